The summed E-state index contributed by atoms with van der Waals surface area (Å²) in [5.41, 5.74) is 0. The Morgan fingerprint density at radius 2 is 0.796 bits per heavy atom. The van der Waals surface area contributed by atoms with Gasteiger partial charge in [0.25, 0.3) is 0 Å². The van der Waals surface area contributed by atoms with Crippen LogP contribution in [0.15, 0.2) is 24.3 Å². The lowest BCUT2D eigenvalue weighted by Crippen LogP contribution is -2.45. The molecule has 0 fully saturated rings. The number of carbonyl (C=O) groups excluding carboxylic acids is 1. The van der Waals surface area contributed by atoms with E-state index in [9.17, 15) is 15.0 Å². The first-order valence-electron chi connectivity index (χ1n) is 22.1. The van der Waals surface area contributed by atoms with E-state index in [0.29, 0.717) is 6.42 Å². The van der Waals surface area contributed by atoms with Gasteiger partial charge in [0.05, 0.1) is 18.8 Å². The van der Waals surface area contributed by atoms with Gasteiger partial charge in [-0.2, -0.15) is 0 Å². The van der Waals surface area contributed by atoms with Crippen molar-refractivity contribution in [2.75, 3.05) is 6.61 Å². The Morgan fingerprint density at radius 1 is 0.469 bits per heavy atom. The number of aliphatic hydroxyl groups is 2. The smallest absolute Gasteiger partial charge is 0.220 e. The van der Waals surface area contributed by atoms with Crippen LogP contribution in [0.2, 0.25) is 0 Å². The Morgan fingerprint density at radius 3 is 1.14 bits per heavy atom. The second-order valence-corrected chi connectivity index (χ2v) is 15.1. The van der Waals surface area contributed by atoms with Crippen LogP contribution in [-0.4, -0.2) is 34.9 Å². The molecule has 0 radical (unpaired) electrons. The zero-order valence-electron chi connectivity index (χ0n) is 33.2. The summed E-state index contributed by atoms with van der Waals surface area (Å²) in [5, 5.41) is 22.7. The van der Waals surface area contributed by atoms with Crippen molar-refractivity contribution >= 4 is 5.91 Å². The molecule has 0 saturated heterocycles. The van der Waals surface area contributed by atoms with Crippen molar-refractivity contribution < 1.29 is 15.0 Å². The molecule has 0 bridgehead atoms. The van der Waals surface area contributed by atoms with Crippen LogP contribution in [0.4, 0.5) is 0 Å². The van der Waals surface area contributed by atoms with Gasteiger partial charge >= 0.3 is 0 Å². The van der Waals surface area contributed by atoms with E-state index in [1.807, 2.05) is 6.08 Å². The minimum Gasteiger partial charge on any atom is -0.394 e. The van der Waals surface area contributed by atoms with E-state index in [-0.39, 0.29) is 12.5 Å². The van der Waals surface area contributed by atoms with Gasteiger partial charge in [-0.15, -0.1) is 0 Å². The average molecular weight is 690 g/mol. The molecule has 0 spiro atoms. The zero-order chi connectivity index (χ0) is 35.7. The standard InChI is InChI=1S/C45H87NO3/c1-3-5-7-9-11-12-13-14-15-16-17-18-19-20-21-22-23-24-25-26-27-28-29-30-31-32-33-35-37-39-41-45(49)46-43(42-47)44(48)40-38-36-34-10-8-6-4-2/h8,10,38,40,43-44,47-48H,3-7,9,11-37,39,41-42H2,1-2H3,(H,46,49)/b10-8+,40-38+. The number of amides is 1. The van der Waals surface area contributed by atoms with Gasteiger partial charge in [-0.1, -0.05) is 231 Å². The van der Waals surface area contributed by atoms with Gasteiger partial charge in [-0.25, -0.2) is 0 Å². The van der Waals surface area contributed by atoms with Crippen molar-refractivity contribution in [3.8, 4) is 0 Å². The van der Waals surface area contributed by atoms with Gasteiger partial charge < -0.3 is 15.5 Å². The molecule has 0 aliphatic carbocycles. The third-order valence-corrected chi connectivity index (χ3v) is 10.2. The van der Waals surface area contributed by atoms with Crippen molar-refractivity contribution in [3.63, 3.8) is 0 Å². The fourth-order valence-electron chi connectivity index (χ4n) is 6.79. The maximum Gasteiger partial charge on any atom is 0.220 e. The Balaban J connectivity index is 3.35. The van der Waals surface area contributed by atoms with Gasteiger partial charge in [-0.05, 0) is 25.7 Å². The predicted molar refractivity (Wildman–Crippen MR) is 216 cm³/mol. The van der Waals surface area contributed by atoms with E-state index in [1.165, 1.54) is 180 Å². The monoisotopic (exact) mass is 690 g/mol. The van der Waals surface area contributed by atoms with Crippen LogP contribution < -0.4 is 5.32 Å². The number of unbranched alkanes of at least 4 members (excludes halogenated alkanes) is 31. The molecule has 4 heteroatoms. The Kier molecular flexibility index (Phi) is 40.3. The van der Waals surface area contributed by atoms with E-state index in [0.717, 1.165) is 38.5 Å². The lowest BCUT2D eigenvalue weighted by Gasteiger charge is -2.19. The molecule has 0 heterocycles. The van der Waals surface area contributed by atoms with E-state index >= 15 is 0 Å². The van der Waals surface area contributed by atoms with E-state index in [2.05, 4.69) is 31.3 Å². The molecule has 1 amide bonds. The maximum absolute atomic E-state index is 12.3. The molecule has 290 valence electrons. The van der Waals surface area contributed by atoms with Gasteiger partial charge in [0, 0.05) is 6.42 Å². The average Bonchev–Trinajstić information content (AvgIpc) is 3.10. The number of allylic oxidation sites excluding steroid dienone is 3. The quantitative estimate of drug-likeness (QED) is 0.0443. The van der Waals surface area contributed by atoms with E-state index in [1.54, 1.807) is 6.08 Å². The lowest BCUT2D eigenvalue weighted by molar-refractivity contribution is -0.123. The van der Waals surface area contributed by atoms with Crippen molar-refractivity contribution in [1.82, 2.24) is 5.32 Å². The molecule has 2 atom stereocenters. The largest absolute Gasteiger partial charge is 0.394 e. The highest BCUT2D eigenvalue weighted by Gasteiger charge is 2.17. The number of hydrogen-bond acceptors (Lipinski definition) is 3. The van der Waals surface area contributed by atoms with Crippen LogP contribution in [0.3, 0.4) is 0 Å². The summed E-state index contributed by atoms with van der Waals surface area (Å²) in [7, 11) is 0. The van der Waals surface area contributed by atoms with Gasteiger partial charge in [0.1, 0.15) is 0 Å². The molecule has 0 saturated carbocycles. The zero-order valence-corrected chi connectivity index (χ0v) is 33.2. The Labute approximate surface area is 307 Å². The molecule has 0 aromatic rings. The molecule has 4 nitrogen and oxygen atoms in total. The van der Waals surface area contributed by atoms with Crippen molar-refractivity contribution in [3.05, 3.63) is 24.3 Å². The first-order valence-corrected chi connectivity index (χ1v) is 22.1. The number of hydrogen-bond donors (Lipinski definition) is 3. The predicted octanol–water partition coefficient (Wildman–Crippen LogP) is 13.6. The number of aliphatic hydroxyl groups excluding tert-OH is 2. The van der Waals surface area contributed by atoms with Crippen LogP contribution in [0, 0.1) is 0 Å². The normalized spacial score (nSPS) is 13.1. The SMILES string of the molecule is CCC/C=C/CC/C=C/C(O)C(CO)NC(=O)CCCCCCCCCCCCCCCCCCCCCCCCCCCCCCCC. The summed E-state index contributed by atoms with van der Waals surface area (Å²) in [4.78, 5) is 12.3. The molecule has 0 rings (SSSR count). The molecule has 2 unspecified atom stereocenters. The summed E-state index contributed by atoms with van der Waals surface area (Å²) >= 11 is 0. The van der Waals surface area contributed by atoms with Crippen molar-refractivity contribution in [2.24, 2.45) is 0 Å². The van der Waals surface area contributed by atoms with Crippen LogP contribution in [0.5, 0.6) is 0 Å². The van der Waals surface area contributed by atoms with Crippen LogP contribution >= 0.6 is 0 Å². The van der Waals surface area contributed by atoms with Crippen LogP contribution in [0.25, 0.3) is 0 Å². The summed E-state index contributed by atoms with van der Waals surface area (Å²) in [6, 6.07) is -0.632. The molecule has 3 N–H and O–H groups in total. The van der Waals surface area contributed by atoms with Crippen molar-refractivity contribution in [1.29, 1.82) is 0 Å². The van der Waals surface area contributed by atoms with Crippen LogP contribution in [-0.2, 0) is 4.79 Å². The molecular formula is C45H87NO3. The topological polar surface area (TPSA) is 69.6 Å². The fraction of sp³-hybridized carbons (Fsp3) is 0.889. The highest BCUT2D eigenvalue weighted by atomic mass is 16.3. The second-order valence-electron chi connectivity index (χ2n) is 15.1. The molecule has 49 heavy (non-hydrogen) atoms. The van der Waals surface area contributed by atoms with E-state index in [4.69, 9.17) is 0 Å². The van der Waals surface area contributed by atoms with Crippen molar-refractivity contribution in [2.45, 2.75) is 251 Å². The third kappa shape index (κ3) is 37.9. The summed E-state index contributed by atoms with van der Waals surface area (Å²) in [5.74, 6) is -0.0748. The van der Waals surface area contributed by atoms with Gasteiger partial charge in [0.15, 0.2) is 0 Å². The first-order chi connectivity index (χ1) is 24.2. The molecular weight excluding hydrogens is 602 g/mol. The van der Waals surface area contributed by atoms with Crippen LogP contribution in [0.1, 0.15) is 239 Å². The second kappa shape index (κ2) is 41.3. The van der Waals surface area contributed by atoms with Gasteiger partial charge in [-0.3, -0.25) is 4.79 Å². The highest BCUT2D eigenvalue weighted by molar-refractivity contribution is 5.76. The molecule has 0 aromatic heterocycles. The first kappa shape index (κ1) is 47.9. The molecule has 0 aliphatic heterocycles. The fourth-order valence-corrected chi connectivity index (χ4v) is 6.79. The minimum atomic E-state index is -0.855. The Bertz CT molecular complexity index is 705. The van der Waals surface area contributed by atoms with Gasteiger partial charge in [0.2, 0.25) is 5.91 Å². The van der Waals surface area contributed by atoms with E-state index < -0.39 is 12.1 Å². The molecule has 0 aliphatic rings. The molecule has 0 aromatic carbocycles. The summed E-state index contributed by atoms with van der Waals surface area (Å²) in [6.45, 7) is 4.21. The minimum absolute atomic E-state index is 0.0748. The summed E-state index contributed by atoms with van der Waals surface area (Å²) < 4.78 is 0. The number of rotatable bonds is 40. The summed E-state index contributed by atoms with van der Waals surface area (Å²) in [6.07, 6.45) is 53.3. The highest BCUT2D eigenvalue weighted by Crippen LogP contribution is 2.17. The number of nitrogens with one attached hydrogen (secondary N) is 1. The Hall–Kier alpha value is -1.13. The lowest BCUT2D eigenvalue weighted by atomic mass is 10.0. The maximum atomic E-state index is 12.3. The third-order valence-electron chi connectivity index (χ3n) is 10.2. The number of carbonyl (C=O) groups is 1.